The maximum Gasteiger partial charge on any atom is 0.336 e. The first-order valence-electron chi connectivity index (χ1n) is 6.79. The summed E-state index contributed by atoms with van der Waals surface area (Å²) in [6.45, 7) is 0.630. The summed E-state index contributed by atoms with van der Waals surface area (Å²) in [5.74, 6) is -2.58. The molecule has 2 rings (SSSR count). The number of benzene rings is 1. The van der Waals surface area contributed by atoms with E-state index in [0.717, 1.165) is 6.07 Å². The first-order chi connectivity index (χ1) is 10.7. The summed E-state index contributed by atoms with van der Waals surface area (Å²) in [7, 11) is 0. The number of carboxylic acids is 1. The molecule has 1 fully saturated rings. The molecule has 0 bridgehead atoms. The summed E-state index contributed by atoms with van der Waals surface area (Å²) >= 11 is 0. The van der Waals surface area contributed by atoms with Gasteiger partial charge in [-0.25, -0.2) is 4.79 Å². The zero-order valence-electron chi connectivity index (χ0n) is 12.1. The molecule has 0 saturated carbocycles. The molecule has 1 aromatic carbocycles. The van der Waals surface area contributed by atoms with E-state index in [-0.39, 0.29) is 11.1 Å². The Morgan fingerprint density at radius 2 is 1.78 bits per heavy atom. The maximum atomic E-state index is 11.4. The lowest BCUT2D eigenvalue weighted by molar-refractivity contribution is -0.232. The van der Waals surface area contributed by atoms with Gasteiger partial charge in [-0.15, -0.1) is 0 Å². The zero-order chi connectivity index (χ0) is 17.5. The molecule has 0 aliphatic carbocycles. The van der Waals surface area contributed by atoms with Gasteiger partial charge in [0, 0.05) is 11.1 Å². The molecule has 1 heterocycles. The van der Waals surface area contributed by atoms with Crippen LogP contribution in [0.1, 0.15) is 27.6 Å². The summed E-state index contributed by atoms with van der Waals surface area (Å²) in [6.07, 6.45) is -7.86. The molecule has 1 aliphatic rings. The first kappa shape index (κ1) is 17.4. The molecule has 0 amide bonds. The Bertz CT molecular complexity index is 613. The Labute approximate surface area is 130 Å². The van der Waals surface area contributed by atoms with Crippen LogP contribution in [-0.2, 0) is 4.74 Å². The molecule has 0 radical (unpaired) electrons. The van der Waals surface area contributed by atoms with Crippen LogP contribution in [0.5, 0.6) is 11.5 Å². The number of aromatic hydroxyl groups is 2. The van der Waals surface area contributed by atoms with Gasteiger partial charge >= 0.3 is 5.97 Å². The van der Waals surface area contributed by atoms with Crippen LogP contribution in [0.2, 0.25) is 0 Å². The first-order valence-corrected chi connectivity index (χ1v) is 6.79. The average Bonchev–Trinajstić information content (AvgIpc) is 2.51. The van der Waals surface area contributed by atoms with E-state index in [1.165, 1.54) is 6.92 Å². The quantitative estimate of drug-likeness (QED) is 0.353. The Balaban J connectivity index is 2.60. The molecule has 9 nitrogen and oxygen atoms in total. The Morgan fingerprint density at radius 3 is 2.30 bits per heavy atom. The molecule has 23 heavy (non-hydrogen) atoms. The van der Waals surface area contributed by atoms with Crippen molar-refractivity contribution in [2.75, 3.05) is 6.61 Å². The molecule has 0 unspecified atom stereocenters. The number of ether oxygens (including phenoxy) is 1. The third-order valence-corrected chi connectivity index (χ3v) is 3.97. The van der Waals surface area contributed by atoms with Gasteiger partial charge in [-0.1, -0.05) is 0 Å². The molecular formula is C14H18O9. The van der Waals surface area contributed by atoms with E-state index in [1.807, 2.05) is 0 Å². The van der Waals surface area contributed by atoms with Crippen molar-refractivity contribution < 1.29 is 45.3 Å². The summed E-state index contributed by atoms with van der Waals surface area (Å²) in [5.41, 5.74) is -0.929. The second-order valence-corrected chi connectivity index (χ2v) is 5.39. The lowest BCUT2D eigenvalue weighted by Crippen LogP contribution is -2.55. The Hall–Kier alpha value is -1.91. The second-order valence-electron chi connectivity index (χ2n) is 5.39. The van der Waals surface area contributed by atoms with Gasteiger partial charge in [0.1, 0.15) is 42.0 Å². The number of rotatable bonds is 3. The summed E-state index contributed by atoms with van der Waals surface area (Å²) in [4.78, 5) is 11.4. The molecule has 0 spiro atoms. The second kappa shape index (κ2) is 6.30. The van der Waals surface area contributed by atoms with E-state index in [0.29, 0.717) is 0 Å². The minimum atomic E-state index is -1.75. The largest absolute Gasteiger partial charge is 0.508 e. The van der Waals surface area contributed by atoms with Crippen molar-refractivity contribution in [1.82, 2.24) is 0 Å². The molecule has 1 aromatic rings. The van der Waals surface area contributed by atoms with Gasteiger partial charge in [0.2, 0.25) is 0 Å². The zero-order valence-corrected chi connectivity index (χ0v) is 12.1. The fraction of sp³-hybridized carbons (Fsp3) is 0.500. The van der Waals surface area contributed by atoms with E-state index in [1.54, 1.807) is 0 Å². The van der Waals surface area contributed by atoms with Crippen LogP contribution >= 0.6 is 0 Å². The van der Waals surface area contributed by atoms with Crippen molar-refractivity contribution in [3.8, 4) is 11.5 Å². The number of aliphatic hydroxyl groups is 4. The van der Waals surface area contributed by atoms with Gasteiger partial charge < -0.3 is 40.5 Å². The van der Waals surface area contributed by atoms with E-state index >= 15 is 0 Å². The summed E-state index contributed by atoms with van der Waals surface area (Å²) < 4.78 is 5.27. The number of aromatic carboxylic acids is 1. The SMILES string of the molecule is Cc1c(O)cc(C(=O)O)c([C@@H]2O[C@H](CO)[C@@H](O)[C@H](O)[C@H]2O)c1O. The number of carboxylic acid groups (broad SMARTS) is 1. The van der Waals surface area contributed by atoms with Crippen molar-refractivity contribution >= 4 is 5.97 Å². The minimum Gasteiger partial charge on any atom is -0.508 e. The van der Waals surface area contributed by atoms with Crippen molar-refractivity contribution in [2.24, 2.45) is 0 Å². The molecule has 128 valence electrons. The monoisotopic (exact) mass is 330 g/mol. The summed E-state index contributed by atoms with van der Waals surface area (Å²) in [6, 6.07) is 0.883. The fourth-order valence-electron chi connectivity index (χ4n) is 2.58. The van der Waals surface area contributed by atoms with E-state index in [4.69, 9.17) is 4.74 Å². The Kier molecular flexibility index (Phi) is 4.78. The molecule has 0 aromatic heterocycles. The molecule has 9 heteroatoms. The third kappa shape index (κ3) is 2.84. The average molecular weight is 330 g/mol. The fourth-order valence-corrected chi connectivity index (χ4v) is 2.58. The number of phenolic OH excluding ortho intramolecular Hbond substituents is 2. The number of hydrogen-bond donors (Lipinski definition) is 7. The molecule has 5 atom stereocenters. The molecule has 7 N–H and O–H groups in total. The van der Waals surface area contributed by atoms with Crippen LogP contribution in [-0.4, -0.2) is 72.7 Å². The van der Waals surface area contributed by atoms with E-state index in [9.17, 15) is 40.5 Å². The van der Waals surface area contributed by atoms with Crippen LogP contribution in [0.25, 0.3) is 0 Å². The number of hydrogen-bond acceptors (Lipinski definition) is 8. The Morgan fingerprint density at radius 1 is 1.17 bits per heavy atom. The van der Waals surface area contributed by atoms with E-state index < -0.39 is 60.2 Å². The van der Waals surface area contributed by atoms with Crippen LogP contribution in [0.15, 0.2) is 6.07 Å². The highest BCUT2D eigenvalue weighted by Crippen LogP contribution is 2.42. The van der Waals surface area contributed by atoms with Gasteiger partial charge in [0.25, 0.3) is 0 Å². The number of aliphatic hydroxyl groups excluding tert-OH is 4. The van der Waals surface area contributed by atoms with Gasteiger partial charge in [0.15, 0.2) is 0 Å². The van der Waals surface area contributed by atoms with Crippen molar-refractivity contribution in [1.29, 1.82) is 0 Å². The normalized spacial score (nSPS) is 31.1. The molecule has 1 aliphatic heterocycles. The maximum absolute atomic E-state index is 11.4. The number of phenols is 2. The summed E-state index contributed by atoms with van der Waals surface area (Å²) in [5, 5.41) is 67.9. The van der Waals surface area contributed by atoms with Crippen LogP contribution < -0.4 is 0 Å². The predicted molar refractivity (Wildman–Crippen MR) is 74.2 cm³/mol. The highest BCUT2D eigenvalue weighted by atomic mass is 16.5. The van der Waals surface area contributed by atoms with Crippen LogP contribution in [0.3, 0.4) is 0 Å². The highest BCUT2D eigenvalue weighted by Gasteiger charge is 2.46. The standard InChI is InChI=1S/C14H18O9/c1-4-6(16)2-5(14(21)22)8(9(4)17)13-12(20)11(19)10(18)7(3-15)23-13/h2,7,10-13,15-20H,3H2,1H3,(H,21,22)/t7-,10-,11+,12-,13+/m1/s1. The van der Waals surface area contributed by atoms with E-state index in [2.05, 4.69) is 0 Å². The highest BCUT2D eigenvalue weighted by molar-refractivity contribution is 5.91. The van der Waals surface area contributed by atoms with Gasteiger partial charge in [-0.05, 0) is 13.0 Å². The van der Waals surface area contributed by atoms with Crippen molar-refractivity contribution in [3.05, 3.63) is 22.8 Å². The lowest BCUT2D eigenvalue weighted by Gasteiger charge is -2.40. The molecule has 1 saturated heterocycles. The van der Waals surface area contributed by atoms with Crippen LogP contribution in [0.4, 0.5) is 0 Å². The van der Waals surface area contributed by atoms with Gasteiger partial charge in [-0.2, -0.15) is 0 Å². The smallest absolute Gasteiger partial charge is 0.336 e. The topological polar surface area (TPSA) is 168 Å². The van der Waals surface area contributed by atoms with Crippen molar-refractivity contribution in [2.45, 2.75) is 37.4 Å². The van der Waals surface area contributed by atoms with Crippen LogP contribution in [0, 0.1) is 6.92 Å². The van der Waals surface area contributed by atoms with Gasteiger partial charge in [-0.3, -0.25) is 0 Å². The van der Waals surface area contributed by atoms with Gasteiger partial charge in [0.05, 0.1) is 12.2 Å². The number of carbonyl (C=O) groups is 1. The predicted octanol–water partition coefficient (Wildman–Crippen LogP) is -1.38. The van der Waals surface area contributed by atoms with Crippen molar-refractivity contribution in [3.63, 3.8) is 0 Å². The molecular weight excluding hydrogens is 312 g/mol. The minimum absolute atomic E-state index is 0.0399. The third-order valence-electron chi connectivity index (χ3n) is 3.97. The lowest BCUT2D eigenvalue weighted by atomic mass is 9.87.